The SMILES string of the molecule is CC(C)(O)c1cccc(Cn2cc(-c3nc(N)nc4c3CCc3cc(F)ccc3-4)nn2)n1. The van der Waals surface area contributed by atoms with E-state index in [0.717, 1.165) is 22.4 Å². The molecule has 3 heterocycles. The zero-order chi connectivity index (χ0) is 22.5. The van der Waals surface area contributed by atoms with Crippen LogP contribution in [0, 0.1) is 5.82 Å². The lowest BCUT2D eigenvalue weighted by molar-refractivity contribution is 0.0736. The van der Waals surface area contributed by atoms with E-state index < -0.39 is 5.60 Å². The Morgan fingerprint density at radius 2 is 1.91 bits per heavy atom. The molecule has 8 nitrogen and oxygen atoms in total. The van der Waals surface area contributed by atoms with Gasteiger partial charge in [-0.3, -0.25) is 4.98 Å². The van der Waals surface area contributed by atoms with Crippen LogP contribution in [0.25, 0.3) is 22.6 Å². The van der Waals surface area contributed by atoms with Gasteiger partial charge < -0.3 is 10.8 Å². The van der Waals surface area contributed by atoms with Crippen LogP contribution < -0.4 is 5.73 Å². The van der Waals surface area contributed by atoms with Crippen molar-refractivity contribution in [2.45, 2.75) is 38.8 Å². The molecule has 1 aromatic carbocycles. The Labute approximate surface area is 184 Å². The van der Waals surface area contributed by atoms with Gasteiger partial charge in [-0.1, -0.05) is 11.3 Å². The lowest BCUT2D eigenvalue weighted by atomic mass is 9.87. The number of aryl methyl sites for hydroxylation is 1. The highest BCUT2D eigenvalue weighted by molar-refractivity contribution is 5.77. The number of nitrogens with zero attached hydrogens (tertiary/aromatic N) is 6. The maximum Gasteiger partial charge on any atom is 0.221 e. The molecule has 0 bridgehead atoms. The van der Waals surface area contributed by atoms with Crippen LogP contribution in [-0.4, -0.2) is 35.1 Å². The van der Waals surface area contributed by atoms with Crippen molar-refractivity contribution in [3.8, 4) is 22.6 Å². The molecule has 0 aliphatic heterocycles. The minimum absolute atomic E-state index is 0.130. The lowest BCUT2D eigenvalue weighted by Crippen LogP contribution is -2.18. The fraction of sp³-hybridized carbons (Fsp3) is 0.261. The number of fused-ring (bicyclic) bond motifs is 3. The van der Waals surface area contributed by atoms with Gasteiger partial charge >= 0.3 is 0 Å². The summed E-state index contributed by atoms with van der Waals surface area (Å²) in [5.41, 5.74) is 10.9. The van der Waals surface area contributed by atoms with E-state index in [-0.39, 0.29) is 11.8 Å². The van der Waals surface area contributed by atoms with Crippen LogP contribution >= 0.6 is 0 Å². The summed E-state index contributed by atoms with van der Waals surface area (Å²) in [6.07, 6.45) is 3.13. The summed E-state index contributed by atoms with van der Waals surface area (Å²) in [6.45, 7) is 3.78. The van der Waals surface area contributed by atoms with E-state index in [0.29, 0.717) is 42.2 Å². The summed E-state index contributed by atoms with van der Waals surface area (Å²) in [6, 6.07) is 10.2. The molecule has 9 heteroatoms. The normalized spacial score (nSPS) is 13.0. The number of hydrogen-bond acceptors (Lipinski definition) is 7. The van der Waals surface area contributed by atoms with Crippen LogP contribution in [-0.2, 0) is 25.0 Å². The van der Waals surface area contributed by atoms with Gasteiger partial charge in [0.1, 0.15) is 22.8 Å². The zero-order valence-corrected chi connectivity index (χ0v) is 17.7. The molecular weight excluding hydrogens is 409 g/mol. The van der Waals surface area contributed by atoms with E-state index in [2.05, 4.69) is 25.3 Å². The summed E-state index contributed by atoms with van der Waals surface area (Å²) < 4.78 is 15.3. The van der Waals surface area contributed by atoms with Gasteiger partial charge in [-0.15, -0.1) is 5.10 Å². The third-order valence-corrected chi connectivity index (χ3v) is 5.53. The predicted molar refractivity (Wildman–Crippen MR) is 117 cm³/mol. The van der Waals surface area contributed by atoms with Crippen molar-refractivity contribution >= 4 is 5.95 Å². The molecule has 3 aromatic heterocycles. The van der Waals surface area contributed by atoms with Crippen LogP contribution in [0.2, 0.25) is 0 Å². The van der Waals surface area contributed by atoms with Gasteiger partial charge in [0, 0.05) is 11.1 Å². The number of hydrogen-bond donors (Lipinski definition) is 2. The molecule has 0 unspecified atom stereocenters. The summed E-state index contributed by atoms with van der Waals surface area (Å²) in [7, 11) is 0. The van der Waals surface area contributed by atoms with E-state index >= 15 is 0 Å². The standard InChI is InChI=1S/C23H22FN7O/c1-23(2,32)19-5-3-4-15(26-19)11-31-12-18(29-30-31)21-17-8-6-13-10-14(24)7-9-16(13)20(17)27-22(25)28-21/h3-5,7,9-10,12,32H,6,8,11H2,1-2H3,(H2,25,27,28). The fourth-order valence-corrected chi connectivity index (χ4v) is 3.99. The maximum absolute atomic E-state index is 13.7. The van der Waals surface area contributed by atoms with E-state index in [9.17, 15) is 9.50 Å². The lowest BCUT2D eigenvalue weighted by Gasteiger charge is -2.20. The van der Waals surface area contributed by atoms with Crippen LogP contribution in [0.4, 0.5) is 10.3 Å². The Morgan fingerprint density at radius 3 is 2.72 bits per heavy atom. The van der Waals surface area contributed by atoms with Gasteiger partial charge in [-0.05, 0) is 62.6 Å². The van der Waals surface area contributed by atoms with Crippen molar-refractivity contribution in [3.63, 3.8) is 0 Å². The molecule has 0 saturated carbocycles. The molecule has 0 amide bonds. The fourth-order valence-electron chi connectivity index (χ4n) is 3.99. The highest BCUT2D eigenvalue weighted by atomic mass is 19.1. The van der Waals surface area contributed by atoms with Crippen LogP contribution in [0.3, 0.4) is 0 Å². The second-order valence-electron chi connectivity index (χ2n) is 8.43. The van der Waals surface area contributed by atoms with E-state index in [4.69, 9.17) is 5.73 Å². The highest BCUT2D eigenvalue weighted by Gasteiger charge is 2.24. The number of benzene rings is 1. The number of nitrogens with two attached hydrogens (primary N) is 1. The number of halogens is 1. The Morgan fingerprint density at radius 1 is 1.09 bits per heavy atom. The molecule has 4 aromatic rings. The number of anilines is 1. The van der Waals surface area contributed by atoms with Crippen molar-refractivity contribution in [1.29, 1.82) is 0 Å². The summed E-state index contributed by atoms with van der Waals surface area (Å²) >= 11 is 0. The molecule has 162 valence electrons. The van der Waals surface area contributed by atoms with Crippen molar-refractivity contribution in [2.75, 3.05) is 5.73 Å². The van der Waals surface area contributed by atoms with Gasteiger partial charge in [-0.2, -0.15) is 0 Å². The number of aromatic nitrogens is 6. The molecule has 0 radical (unpaired) electrons. The quantitative estimate of drug-likeness (QED) is 0.510. The smallest absolute Gasteiger partial charge is 0.221 e. The molecule has 1 aliphatic carbocycles. The Balaban J connectivity index is 1.50. The summed E-state index contributed by atoms with van der Waals surface area (Å²) in [4.78, 5) is 13.4. The van der Waals surface area contributed by atoms with Crippen molar-refractivity contribution < 1.29 is 9.50 Å². The summed E-state index contributed by atoms with van der Waals surface area (Å²) in [5, 5.41) is 18.7. The Kier molecular flexibility index (Phi) is 4.70. The Hall–Kier alpha value is -3.72. The average molecular weight is 431 g/mol. The minimum Gasteiger partial charge on any atom is -0.384 e. The Bertz CT molecular complexity index is 1330. The third-order valence-electron chi connectivity index (χ3n) is 5.53. The molecular formula is C23H22FN7O. The van der Waals surface area contributed by atoms with E-state index in [1.807, 2.05) is 12.1 Å². The first-order valence-corrected chi connectivity index (χ1v) is 10.3. The number of nitrogen functional groups attached to an aromatic ring is 1. The average Bonchev–Trinajstić information content (AvgIpc) is 3.20. The van der Waals surface area contributed by atoms with Crippen LogP contribution in [0.1, 0.15) is 36.4 Å². The first-order valence-electron chi connectivity index (χ1n) is 10.3. The topological polar surface area (TPSA) is 116 Å². The molecule has 32 heavy (non-hydrogen) atoms. The number of pyridine rings is 1. The van der Waals surface area contributed by atoms with Crippen LogP contribution in [0.5, 0.6) is 0 Å². The van der Waals surface area contributed by atoms with E-state index in [1.165, 1.54) is 6.07 Å². The van der Waals surface area contributed by atoms with E-state index in [1.54, 1.807) is 42.9 Å². The molecule has 0 saturated heterocycles. The molecule has 0 spiro atoms. The van der Waals surface area contributed by atoms with Gasteiger partial charge in [-0.25, -0.2) is 19.0 Å². The minimum atomic E-state index is -1.03. The van der Waals surface area contributed by atoms with Gasteiger partial charge in [0.15, 0.2) is 0 Å². The van der Waals surface area contributed by atoms with Gasteiger partial charge in [0.25, 0.3) is 0 Å². The van der Waals surface area contributed by atoms with Gasteiger partial charge in [0.2, 0.25) is 5.95 Å². The molecule has 0 fully saturated rings. The number of rotatable bonds is 4. The highest BCUT2D eigenvalue weighted by Crippen LogP contribution is 2.37. The molecule has 0 atom stereocenters. The largest absolute Gasteiger partial charge is 0.384 e. The number of aliphatic hydroxyl groups is 1. The molecule has 1 aliphatic rings. The molecule has 3 N–H and O–H groups in total. The van der Waals surface area contributed by atoms with Crippen molar-refractivity contribution in [3.05, 3.63) is 70.9 Å². The monoisotopic (exact) mass is 431 g/mol. The third kappa shape index (κ3) is 3.71. The predicted octanol–water partition coefficient (Wildman–Crippen LogP) is 2.89. The first kappa shape index (κ1) is 20.2. The van der Waals surface area contributed by atoms with Gasteiger partial charge in [0.05, 0.1) is 29.8 Å². The second kappa shape index (κ2) is 7.45. The van der Waals surface area contributed by atoms with Crippen molar-refractivity contribution in [2.24, 2.45) is 0 Å². The molecule has 5 rings (SSSR count). The zero-order valence-electron chi connectivity index (χ0n) is 17.7. The first-order chi connectivity index (χ1) is 15.3. The van der Waals surface area contributed by atoms with Crippen LogP contribution in [0.15, 0.2) is 42.6 Å². The second-order valence-corrected chi connectivity index (χ2v) is 8.43. The maximum atomic E-state index is 13.7. The summed E-state index contributed by atoms with van der Waals surface area (Å²) in [5.74, 6) is -0.135. The van der Waals surface area contributed by atoms with Crippen molar-refractivity contribution in [1.82, 2.24) is 29.9 Å².